The Hall–Kier alpha value is -1.69. The van der Waals surface area contributed by atoms with Gasteiger partial charge in [0.25, 0.3) is 0 Å². The third kappa shape index (κ3) is 3.40. The molecule has 0 amide bonds. The molecule has 0 bridgehead atoms. The Morgan fingerprint density at radius 3 is 2.94 bits per heavy atom. The third-order valence-corrected chi connectivity index (χ3v) is 2.60. The van der Waals surface area contributed by atoms with Crippen molar-refractivity contribution >= 4 is 0 Å². The van der Waals surface area contributed by atoms with Crippen molar-refractivity contribution in [3.63, 3.8) is 0 Å². The minimum absolute atomic E-state index is 0.597. The van der Waals surface area contributed by atoms with Crippen molar-refractivity contribution in [2.75, 3.05) is 6.54 Å². The maximum absolute atomic E-state index is 5.15. The summed E-state index contributed by atoms with van der Waals surface area (Å²) in [5, 5.41) is 11.5. The zero-order valence-corrected chi connectivity index (χ0v) is 11.1. The molecule has 0 unspecified atom stereocenters. The molecule has 0 aliphatic heterocycles. The van der Waals surface area contributed by atoms with Gasteiger partial charge in [0.2, 0.25) is 0 Å². The summed E-state index contributed by atoms with van der Waals surface area (Å²) in [6.45, 7) is 8.57. The molecule has 0 radical (unpaired) electrons. The van der Waals surface area contributed by atoms with Gasteiger partial charge in [0.15, 0.2) is 6.39 Å². The van der Waals surface area contributed by atoms with Gasteiger partial charge in [0.05, 0.1) is 18.4 Å². The Kier molecular flexibility index (Phi) is 4.09. The first-order chi connectivity index (χ1) is 8.65. The van der Waals surface area contributed by atoms with Crippen LogP contribution in [-0.4, -0.2) is 26.5 Å². The fourth-order valence-corrected chi connectivity index (χ4v) is 1.62. The van der Waals surface area contributed by atoms with Crippen LogP contribution in [0.25, 0.3) is 0 Å². The highest BCUT2D eigenvalue weighted by molar-refractivity contribution is 5.05. The predicted octanol–water partition coefficient (Wildman–Crippen LogP) is 1.37. The lowest BCUT2D eigenvalue weighted by Gasteiger charge is -2.04. The number of rotatable bonds is 6. The van der Waals surface area contributed by atoms with Gasteiger partial charge in [0, 0.05) is 6.54 Å². The minimum Gasteiger partial charge on any atom is -0.448 e. The van der Waals surface area contributed by atoms with Crippen molar-refractivity contribution in [3.05, 3.63) is 29.7 Å². The molecule has 18 heavy (non-hydrogen) atoms. The molecular formula is C12H19N5O. The zero-order valence-electron chi connectivity index (χ0n) is 11.1. The topological polar surface area (TPSA) is 68.8 Å². The SMILES string of the molecule is Cc1ocnc1Cn1cc(CNCC(C)C)nn1. The van der Waals surface area contributed by atoms with Crippen LogP contribution in [0.15, 0.2) is 17.0 Å². The van der Waals surface area contributed by atoms with Gasteiger partial charge < -0.3 is 9.73 Å². The van der Waals surface area contributed by atoms with Crippen LogP contribution in [0.1, 0.15) is 31.0 Å². The number of hydrogen-bond donors (Lipinski definition) is 1. The summed E-state index contributed by atoms with van der Waals surface area (Å²) in [6, 6.07) is 0. The fourth-order valence-electron chi connectivity index (χ4n) is 1.62. The van der Waals surface area contributed by atoms with E-state index in [-0.39, 0.29) is 0 Å². The average molecular weight is 249 g/mol. The van der Waals surface area contributed by atoms with E-state index < -0.39 is 0 Å². The first kappa shape index (κ1) is 12.8. The largest absolute Gasteiger partial charge is 0.448 e. The molecule has 0 atom stereocenters. The molecule has 0 spiro atoms. The lowest BCUT2D eigenvalue weighted by atomic mass is 10.2. The van der Waals surface area contributed by atoms with Crippen LogP contribution in [0, 0.1) is 12.8 Å². The van der Waals surface area contributed by atoms with E-state index in [0.717, 1.165) is 30.2 Å². The first-order valence-corrected chi connectivity index (χ1v) is 6.14. The molecule has 0 aliphatic carbocycles. The Morgan fingerprint density at radius 2 is 2.28 bits per heavy atom. The molecule has 0 fully saturated rings. The van der Waals surface area contributed by atoms with Crippen molar-refractivity contribution in [1.29, 1.82) is 0 Å². The van der Waals surface area contributed by atoms with Gasteiger partial charge >= 0.3 is 0 Å². The van der Waals surface area contributed by atoms with E-state index in [1.807, 2.05) is 13.1 Å². The van der Waals surface area contributed by atoms with Gasteiger partial charge in [-0.05, 0) is 19.4 Å². The Balaban J connectivity index is 1.88. The highest BCUT2D eigenvalue weighted by Crippen LogP contribution is 2.06. The minimum atomic E-state index is 0.597. The molecule has 0 saturated heterocycles. The number of hydrogen-bond acceptors (Lipinski definition) is 5. The van der Waals surface area contributed by atoms with Crippen LogP contribution < -0.4 is 5.32 Å². The second-order valence-corrected chi connectivity index (χ2v) is 4.79. The second-order valence-electron chi connectivity index (χ2n) is 4.79. The van der Waals surface area contributed by atoms with E-state index >= 15 is 0 Å². The Labute approximate surface area is 106 Å². The molecule has 1 N–H and O–H groups in total. The smallest absolute Gasteiger partial charge is 0.181 e. The lowest BCUT2D eigenvalue weighted by Crippen LogP contribution is -2.19. The highest BCUT2D eigenvalue weighted by Gasteiger charge is 2.06. The molecule has 98 valence electrons. The van der Waals surface area contributed by atoms with Crippen LogP contribution in [-0.2, 0) is 13.1 Å². The molecule has 0 aliphatic rings. The van der Waals surface area contributed by atoms with Crippen LogP contribution in [0.2, 0.25) is 0 Å². The fraction of sp³-hybridized carbons (Fsp3) is 0.583. The first-order valence-electron chi connectivity index (χ1n) is 6.14. The van der Waals surface area contributed by atoms with E-state index in [1.54, 1.807) is 4.68 Å². The summed E-state index contributed by atoms with van der Waals surface area (Å²) in [5.41, 5.74) is 1.83. The van der Waals surface area contributed by atoms with Crippen molar-refractivity contribution in [2.24, 2.45) is 5.92 Å². The highest BCUT2D eigenvalue weighted by atomic mass is 16.3. The summed E-state index contributed by atoms with van der Waals surface area (Å²) < 4.78 is 6.92. The van der Waals surface area contributed by atoms with Crippen molar-refractivity contribution < 1.29 is 4.42 Å². The number of nitrogens with zero attached hydrogens (tertiary/aromatic N) is 4. The van der Waals surface area contributed by atoms with Crippen LogP contribution in [0.3, 0.4) is 0 Å². The molecule has 0 aromatic carbocycles. The van der Waals surface area contributed by atoms with E-state index in [1.165, 1.54) is 6.39 Å². The Morgan fingerprint density at radius 1 is 1.44 bits per heavy atom. The molecule has 2 aromatic rings. The number of aromatic nitrogens is 4. The number of aryl methyl sites for hydroxylation is 1. The van der Waals surface area contributed by atoms with Crippen LogP contribution in [0.4, 0.5) is 0 Å². The van der Waals surface area contributed by atoms with Crippen molar-refractivity contribution in [3.8, 4) is 0 Å². The van der Waals surface area contributed by atoms with Crippen molar-refractivity contribution in [2.45, 2.75) is 33.9 Å². The van der Waals surface area contributed by atoms with E-state index in [2.05, 4.69) is 34.5 Å². The van der Waals surface area contributed by atoms with Crippen LogP contribution in [0.5, 0.6) is 0 Å². The summed E-state index contributed by atoms with van der Waals surface area (Å²) in [5.74, 6) is 1.46. The van der Waals surface area contributed by atoms with Gasteiger partial charge in [-0.2, -0.15) is 0 Å². The predicted molar refractivity (Wildman–Crippen MR) is 66.9 cm³/mol. The van der Waals surface area contributed by atoms with Gasteiger partial charge in [-0.25, -0.2) is 9.67 Å². The number of oxazole rings is 1. The van der Waals surface area contributed by atoms with Crippen molar-refractivity contribution in [1.82, 2.24) is 25.3 Å². The molecule has 6 nitrogen and oxygen atoms in total. The lowest BCUT2D eigenvalue weighted by molar-refractivity contribution is 0.521. The second kappa shape index (κ2) is 5.77. The van der Waals surface area contributed by atoms with E-state index in [4.69, 9.17) is 4.42 Å². The van der Waals surface area contributed by atoms with Gasteiger partial charge in [-0.1, -0.05) is 19.1 Å². The maximum atomic E-state index is 5.15. The normalized spacial score (nSPS) is 11.3. The molecule has 2 aromatic heterocycles. The van der Waals surface area contributed by atoms with E-state index in [9.17, 15) is 0 Å². The average Bonchev–Trinajstić information content (AvgIpc) is 2.90. The summed E-state index contributed by atoms with van der Waals surface area (Å²) in [7, 11) is 0. The monoisotopic (exact) mass is 249 g/mol. The summed E-state index contributed by atoms with van der Waals surface area (Å²) in [4.78, 5) is 4.13. The van der Waals surface area contributed by atoms with Gasteiger partial charge in [-0.15, -0.1) is 5.10 Å². The quantitative estimate of drug-likeness (QED) is 0.837. The zero-order chi connectivity index (χ0) is 13.0. The maximum Gasteiger partial charge on any atom is 0.181 e. The Bertz CT molecular complexity index is 488. The molecule has 2 rings (SSSR count). The molecular weight excluding hydrogens is 230 g/mol. The molecule has 0 saturated carbocycles. The third-order valence-electron chi connectivity index (χ3n) is 2.60. The number of nitrogens with one attached hydrogen (secondary N) is 1. The van der Waals surface area contributed by atoms with Crippen LogP contribution >= 0.6 is 0 Å². The van der Waals surface area contributed by atoms with E-state index in [0.29, 0.717) is 12.5 Å². The van der Waals surface area contributed by atoms with Gasteiger partial charge in [0.1, 0.15) is 11.5 Å². The summed E-state index contributed by atoms with van der Waals surface area (Å²) >= 11 is 0. The standard InChI is InChI=1S/C12H19N5O/c1-9(2)4-13-5-11-6-17(16-15-11)7-12-10(3)18-8-14-12/h6,8-9,13H,4-5,7H2,1-3H3. The van der Waals surface area contributed by atoms with Gasteiger partial charge in [-0.3, -0.25) is 0 Å². The molecule has 6 heteroatoms. The summed E-state index contributed by atoms with van der Waals surface area (Å²) in [6.07, 6.45) is 3.38. The molecule has 2 heterocycles.